The minimum atomic E-state index is -1.13. The molecule has 0 aliphatic rings. The molecule has 3 N–H and O–H groups in total. The summed E-state index contributed by atoms with van der Waals surface area (Å²) in [5, 5.41) is 2.47. The maximum atomic E-state index is 13.3. The molecule has 138 valence electrons. The lowest BCUT2D eigenvalue weighted by Gasteiger charge is -2.20. The third kappa shape index (κ3) is 4.88. The van der Waals surface area contributed by atoms with Gasteiger partial charge in [0.25, 0.3) is 5.91 Å². The number of benzene rings is 2. The summed E-state index contributed by atoms with van der Waals surface area (Å²) in [7, 11) is 0. The molecule has 0 saturated heterocycles. The van der Waals surface area contributed by atoms with Gasteiger partial charge in [0.15, 0.2) is 11.6 Å². The minimum absolute atomic E-state index is 0.00247. The second-order valence-electron chi connectivity index (χ2n) is 7.21. The van der Waals surface area contributed by atoms with E-state index >= 15 is 0 Å². The van der Waals surface area contributed by atoms with Gasteiger partial charge in [0.1, 0.15) is 6.04 Å². The maximum Gasteiger partial charge on any atom is 0.252 e. The molecular weight excluding hydrogens is 338 g/mol. The molecule has 2 rings (SSSR count). The molecule has 2 aromatic rings. The van der Waals surface area contributed by atoms with Crippen LogP contribution in [0.25, 0.3) is 0 Å². The Labute approximate surface area is 151 Å². The lowest BCUT2D eigenvalue weighted by atomic mass is 9.86. The van der Waals surface area contributed by atoms with Gasteiger partial charge in [-0.05, 0) is 34.7 Å². The van der Waals surface area contributed by atoms with Crippen LogP contribution >= 0.6 is 0 Å². The van der Waals surface area contributed by atoms with Gasteiger partial charge in [0, 0.05) is 12.0 Å². The highest BCUT2D eigenvalue weighted by atomic mass is 19.2. The molecule has 0 aliphatic heterocycles. The van der Waals surface area contributed by atoms with Gasteiger partial charge >= 0.3 is 0 Å². The Hall–Kier alpha value is -2.76. The number of nitrogens with one attached hydrogen (secondary N) is 1. The van der Waals surface area contributed by atoms with E-state index in [4.69, 9.17) is 5.73 Å². The first-order valence-corrected chi connectivity index (χ1v) is 8.22. The maximum absolute atomic E-state index is 13.3. The first-order chi connectivity index (χ1) is 12.1. The Morgan fingerprint density at radius 1 is 1.04 bits per heavy atom. The highest BCUT2D eigenvalue weighted by Crippen LogP contribution is 2.22. The molecule has 0 radical (unpaired) electrons. The predicted molar refractivity (Wildman–Crippen MR) is 95.7 cm³/mol. The zero-order chi connectivity index (χ0) is 19.5. The van der Waals surface area contributed by atoms with E-state index in [-0.39, 0.29) is 17.4 Å². The van der Waals surface area contributed by atoms with Crippen molar-refractivity contribution in [2.75, 3.05) is 0 Å². The summed E-state index contributed by atoms with van der Waals surface area (Å²) < 4.78 is 26.2. The van der Waals surface area contributed by atoms with Crippen LogP contribution in [0.5, 0.6) is 0 Å². The van der Waals surface area contributed by atoms with Crippen LogP contribution in [0, 0.1) is 11.6 Å². The Morgan fingerprint density at radius 3 is 2.15 bits per heavy atom. The summed E-state index contributed by atoms with van der Waals surface area (Å²) in [6, 6.07) is 9.49. The number of hydrogen-bond acceptors (Lipinski definition) is 2. The summed E-state index contributed by atoms with van der Waals surface area (Å²) >= 11 is 0. The van der Waals surface area contributed by atoms with Crippen LogP contribution in [0.2, 0.25) is 0 Å². The van der Waals surface area contributed by atoms with Crippen LogP contribution in [-0.4, -0.2) is 17.9 Å². The lowest BCUT2D eigenvalue weighted by molar-refractivity contribution is -0.119. The summed E-state index contributed by atoms with van der Waals surface area (Å²) in [5.74, 6) is -3.59. The van der Waals surface area contributed by atoms with Crippen molar-refractivity contribution in [3.05, 3.63) is 70.8 Å². The molecule has 6 heteroatoms. The summed E-state index contributed by atoms with van der Waals surface area (Å²) in [5.41, 5.74) is 7.26. The molecule has 0 fully saturated rings. The number of nitrogens with two attached hydrogens (primary N) is 1. The van der Waals surface area contributed by atoms with Crippen molar-refractivity contribution >= 4 is 11.8 Å². The number of halogens is 2. The molecular formula is C20H22F2N2O2. The Bertz CT molecular complexity index is 812. The first-order valence-electron chi connectivity index (χ1n) is 8.22. The SMILES string of the molecule is CC(C)(C)c1ccc(C[C@@H](NC(=O)c2ccc(F)c(F)c2)C(N)=O)cc1. The monoisotopic (exact) mass is 360 g/mol. The Morgan fingerprint density at radius 2 is 1.65 bits per heavy atom. The van der Waals surface area contributed by atoms with E-state index in [0.29, 0.717) is 0 Å². The number of amides is 2. The number of carbonyl (C=O) groups is 2. The molecule has 0 aliphatic carbocycles. The average molecular weight is 360 g/mol. The molecule has 26 heavy (non-hydrogen) atoms. The van der Waals surface area contributed by atoms with E-state index in [0.717, 1.165) is 29.3 Å². The van der Waals surface area contributed by atoms with E-state index in [2.05, 4.69) is 26.1 Å². The third-order valence-corrected chi connectivity index (χ3v) is 4.09. The fourth-order valence-electron chi connectivity index (χ4n) is 2.48. The van der Waals surface area contributed by atoms with Crippen LogP contribution in [0.15, 0.2) is 42.5 Å². The second-order valence-corrected chi connectivity index (χ2v) is 7.21. The zero-order valence-electron chi connectivity index (χ0n) is 15.0. The number of hydrogen-bond donors (Lipinski definition) is 2. The van der Waals surface area contributed by atoms with Crippen LogP contribution in [0.3, 0.4) is 0 Å². The Kier molecular flexibility index (Phi) is 5.75. The third-order valence-electron chi connectivity index (χ3n) is 4.09. The molecule has 0 spiro atoms. The van der Waals surface area contributed by atoms with Gasteiger partial charge in [0.2, 0.25) is 5.91 Å². The smallest absolute Gasteiger partial charge is 0.252 e. The normalized spacial score (nSPS) is 12.5. The van der Waals surface area contributed by atoms with E-state index in [1.807, 2.05) is 24.3 Å². The minimum Gasteiger partial charge on any atom is -0.368 e. The van der Waals surface area contributed by atoms with Crippen molar-refractivity contribution in [1.29, 1.82) is 0 Å². The molecule has 0 aromatic heterocycles. The number of rotatable bonds is 5. The zero-order valence-corrected chi connectivity index (χ0v) is 15.0. The van der Waals surface area contributed by atoms with Crippen molar-refractivity contribution in [3.8, 4) is 0 Å². The summed E-state index contributed by atoms with van der Waals surface area (Å²) in [6.45, 7) is 6.28. The average Bonchev–Trinajstić information content (AvgIpc) is 2.56. The highest BCUT2D eigenvalue weighted by Gasteiger charge is 2.21. The lowest BCUT2D eigenvalue weighted by Crippen LogP contribution is -2.45. The van der Waals surface area contributed by atoms with Crippen molar-refractivity contribution < 1.29 is 18.4 Å². The van der Waals surface area contributed by atoms with Gasteiger partial charge in [-0.25, -0.2) is 8.78 Å². The van der Waals surface area contributed by atoms with E-state index in [1.54, 1.807) is 0 Å². The van der Waals surface area contributed by atoms with Gasteiger partial charge < -0.3 is 11.1 Å². The number of primary amides is 1. The van der Waals surface area contributed by atoms with Crippen LogP contribution < -0.4 is 11.1 Å². The summed E-state index contributed by atoms with van der Waals surface area (Å²) in [6.07, 6.45) is 0.204. The van der Waals surface area contributed by atoms with E-state index in [1.165, 1.54) is 0 Å². The second kappa shape index (κ2) is 7.64. The fourth-order valence-corrected chi connectivity index (χ4v) is 2.48. The van der Waals surface area contributed by atoms with Crippen molar-refractivity contribution in [2.45, 2.75) is 38.6 Å². The topological polar surface area (TPSA) is 72.2 Å². The quantitative estimate of drug-likeness (QED) is 0.860. The van der Waals surface area contributed by atoms with Gasteiger partial charge in [0.05, 0.1) is 0 Å². The van der Waals surface area contributed by atoms with E-state index in [9.17, 15) is 18.4 Å². The molecule has 0 unspecified atom stereocenters. The Balaban J connectivity index is 2.12. The standard InChI is InChI=1S/C20H22F2N2O2/c1-20(2,3)14-7-4-12(5-8-14)10-17(18(23)25)24-19(26)13-6-9-15(21)16(22)11-13/h4-9,11,17H,10H2,1-3H3,(H2,23,25)(H,24,26)/t17-/m1/s1. The van der Waals surface area contributed by atoms with Gasteiger partial charge in [-0.15, -0.1) is 0 Å². The van der Waals surface area contributed by atoms with Crippen molar-refractivity contribution in [1.82, 2.24) is 5.32 Å². The van der Waals surface area contributed by atoms with Gasteiger partial charge in [-0.3, -0.25) is 9.59 Å². The van der Waals surface area contributed by atoms with Crippen molar-refractivity contribution in [2.24, 2.45) is 5.73 Å². The fraction of sp³-hybridized carbons (Fsp3) is 0.300. The van der Waals surface area contributed by atoms with Gasteiger partial charge in [-0.2, -0.15) is 0 Å². The largest absolute Gasteiger partial charge is 0.368 e. The van der Waals surface area contributed by atoms with Crippen molar-refractivity contribution in [3.63, 3.8) is 0 Å². The molecule has 0 bridgehead atoms. The van der Waals surface area contributed by atoms with Crippen LogP contribution in [-0.2, 0) is 16.6 Å². The number of carbonyl (C=O) groups excluding carboxylic acids is 2. The van der Waals surface area contributed by atoms with Crippen LogP contribution in [0.4, 0.5) is 8.78 Å². The van der Waals surface area contributed by atoms with Gasteiger partial charge in [-0.1, -0.05) is 45.0 Å². The molecule has 0 saturated carbocycles. The van der Waals surface area contributed by atoms with E-state index < -0.39 is 29.5 Å². The molecule has 2 aromatic carbocycles. The molecule has 4 nitrogen and oxygen atoms in total. The molecule has 0 heterocycles. The van der Waals surface area contributed by atoms with Crippen LogP contribution in [0.1, 0.15) is 42.3 Å². The highest BCUT2D eigenvalue weighted by molar-refractivity contribution is 5.97. The first kappa shape index (κ1) is 19.6. The predicted octanol–water partition coefficient (Wildman–Crippen LogP) is 3.09. The summed E-state index contributed by atoms with van der Waals surface area (Å²) in [4.78, 5) is 23.9. The molecule has 2 amide bonds. The molecule has 1 atom stereocenters.